The van der Waals surface area contributed by atoms with E-state index in [4.69, 9.17) is 4.74 Å². The number of hydrogen-bond acceptors (Lipinski definition) is 5. The highest BCUT2D eigenvalue weighted by molar-refractivity contribution is 5.89. The van der Waals surface area contributed by atoms with E-state index >= 15 is 0 Å². The summed E-state index contributed by atoms with van der Waals surface area (Å²) in [6, 6.07) is 0.338. The molecule has 0 aromatic rings. The van der Waals surface area contributed by atoms with Gasteiger partial charge in [0.2, 0.25) is 0 Å². The molecule has 0 radical (unpaired) electrons. The number of piperidine rings is 1. The van der Waals surface area contributed by atoms with Crippen LogP contribution in [0.2, 0.25) is 0 Å². The van der Waals surface area contributed by atoms with Crippen molar-refractivity contribution in [2.45, 2.75) is 62.9 Å². The predicted octanol–water partition coefficient (Wildman–Crippen LogP) is 1.71. The zero-order valence-electron chi connectivity index (χ0n) is 15.7. The molecule has 2 N–H and O–H groups in total. The van der Waals surface area contributed by atoms with Gasteiger partial charge >= 0.3 is 0 Å². The topological polar surface area (TPSA) is 70.0 Å². The second-order valence-electron chi connectivity index (χ2n) is 8.83. The lowest BCUT2D eigenvalue weighted by molar-refractivity contribution is -0.165. The summed E-state index contributed by atoms with van der Waals surface area (Å²) in [6.45, 7) is 4.29. The highest BCUT2D eigenvalue weighted by atomic mass is 16.5. The van der Waals surface area contributed by atoms with Crippen LogP contribution < -0.4 is 0 Å². The van der Waals surface area contributed by atoms with Gasteiger partial charge in [-0.25, -0.2) is 0 Å². The summed E-state index contributed by atoms with van der Waals surface area (Å²) < 4.78 is 6.39. The molecule has 0 aromatic heterocycles. The number of nitrogens with zero attached hydrogens (tertiary/aromatic N) is 1. The normalized spacial score (nSPS) is 48.8. The van der Waals surface area contributed by atoms with Gasteiger partial charge < -0.3 is 19.8 Å². The predicted molar refractivity (Wildman–Crippen MR) is 96.2 cm³/mol. The highest BCUT2D eigenvalue weighted by Crippen LogP contribution is 2.67. The Labute approximate surface area is 154 Å². The summed E-state index contributed by atoms with van der Waals surface area (Å²) in [5.74, 6) is 0.520. The molecule has 2 fully saturated rings. The number of carbonyl (C=O) groups is 1. The van der Waals surface area contributed by atoms with E-state index in [2.05, 4.69) is 18.0 Å². The summed E-state index contributed by atoms with van der Waals surface area (Å²) in [5.41, 5.74) is -0.754. The summed E-state index contributed by atoms with van der Waals surface area (Å²) in [7, 11) is 2.16. The number of carbonyl (C=O) groups excluding carboxylic acids is 1. The Morgan fingerprint density at radius 2 is 2.19 bits per heavy atom. The molecule has 3 aliphatic carbocycles. The first-order chi connectivity index (χ1) is 12.3. The van der Waals surface area contributed by atoms with Crippen molar-refractivity contribution in [3.05, 3.63) is 35.1 Å². The van der Waals surface area contributed by atoms with E-state index in [0.29, 0.717) is 24.6 Å². The first-order valence-corrected chi connectivity index (χ1v) is 9.74. The number of likely N-dealkylation sites (tertiary alicyclic amines) is 1. The molecule has 5 aliphatic rings. The van der Waals surface area contributed by atoms with Crippen LogP contribution in [-0.2, 0) is 9.53 Å². The molecule has 2 bridgehead atoms. The van der Waals surface area contributed by atoms with Gasteiger partial charge in [-0.3, -0.25) is 4.79 Å². The molecule has 1 saturated carbocycles. The monoisotopic (exact) mass is 357 g/mol. The molecule has 5 nitrogen and oxygen atoms in total. The minimum atomic E-state index is -1.63. The zero-order valence-corrected chi connectivity index (χ0v) is 15.7. The van der Waals surface area contributed by atoms with Crippen LogP contribution in [0.5, 0.6) is 0 Å². The van der Waals surface area contributed by atoms with Crippen molar-refractivity contribution >= 4 is 5.78 Å². The van der Waals surface area contributed by atoms with E-state index in [9.17, 15) is 15.0 Å². The lowest BCUT2D eigenvalue weighted by Crippen LogP contribution is -2.67. The van der Waals surface area contributed by atoms with E-state index in [-0.39, 0.29) is 11.7 Å². The number of aliphatic hydroxyl groups is 2. The van der Waals surface area contributed by atoms with Gasteiger partial charge in [-0.1, -0.05) is 19.1 Å². The zero-order chi connectivity index (χ0) is 18.5. The van der Waals surface area contributed by atoms with Crippen molar-refractivity contribution in [3.8, 4) is 0 Å². The molecule has 2 heterocycles. The minimum absolute atomic E-state index is 0.190. The van der Waals surface area contributed by atoms with Gasteiger partial charge in [0.05, 0.1) is 0 Å². The van der Waals surface area contributed by atoms with E-state index in [1.807, 2.05) is 13.0 Å². The lowest BCUT2D eigenvalue weighted by atomic mass is 9.49. The molecule has 6 atom stereocenters. The minimum Gasteiger partial charge on any atom is -0.487 e. The van der Waals surface area contributed by atoms with Gasteiger partial charge in [0.15, 0.2) is 11.4 Å². The van der Waals surface area contributed by atoms with Gasteiger partial charge in [0.1, 0.15) is 17.5 Å². The Kier molecular flexibility index (Phi) is 3.14. The smallest absolute Gasteiger partial charge is 0.178 e. The van der Waals surface area contributed by atoms with Gasteiger partial charge in [-0.2, -0.15) is 0 Å². The lowest BCUT2D eigenvalue weighted by Gasteiger charge is -2.59. The second-order valence-corrected chi connectivity index (χ2v) is 8.83. The SMILES string of the molecule is CCC1(O)CC=C2C[C@@H]3[C@@H]4C=C[C@@](O)(C(C)=O)[C@@H]5OC1=C2[C@@]54CCN3C. The molecule has 2 aliphatic heterocycles. The summed E-state index contributed by atoms with van der Waals surface area (Å²) in [6.07, 6.45) is 8.07. The first-order valence-electron chi connectivity index (χ1n) is 9.74. The van der Waals surface area contributed by atoms with E-state index < -0.39 is 22.7 Å². The van der Waals surface area contributed by atoms with Crippen molar-refractivity contribution in [3.63, 3.8) is 0 Å². The van der Waals surface area contributed by atoms with Crippen LogP contribution in [0.4, 0.5) is 0 Å². The summed E-state index contributed by atoms with van der Waals surface area (Å²) >= 11 is 0. The average Bonchev–Trinajstić information content (AvgIpc) is 2.98. The molecule has 0 amide bonds. The van der Waals surface area contributed by atoms with E-state index in [1.165, 1.54) is 12.5 Å². The largest absolute Gasteiger partial charge is 0.487 e. The van der Waals surface area contributed by atoms with Crippen molar-refractivity contribution in [1.82, 2.24) is 4.90 Å². The summed E-state index contributed by atoms with van der Waals surface area (Å²) in [5, 5.41) is 22.6. The van der Waals surface area contributed by atoms with Crippen LogP contribution in [0.15, 0.2) is 35.1 Å². The number of rotatable bonds is 2. The van der Waals surface area contributed by atoms with Crippen LogP contribution in [0.3, 0.4) is 0 Å². The molecule has 1 saturated heterocycles. The molecule has 26 heavy (non-hydrogen) atoms. The molecule has 140 valence electrons. The maximum atomic E-state index is 12.4. The van der Waals surface area contributed by atoms with Crippen LogP contribution in [0.1, 0.15) is 39.5 Å². The fraction of sp³-hybridized carbons (Fsp3) is 0.667. The number of Topliss-reactive ketones (excluding diaryl/α,β-unsaturated/α-hetero) is 1. The molecular formula is C21H27NO4. The Balaban J connectivity index is 1.79. The summed E-state index contributed by atoms with van der Waals surface area (Å²) in [4.78, 5) is 14.8. The first kappa shape index (κ1) is 16.7. The van der Waals surface area contributed by atoms with Crippen molar-refractivity contribution < 1.29 is 19.7 Å². The average molecular weight is 357 g/mol. The van der Waals surface area contributed by atoms with Crippen molar-refractivity contribution in [2.75, 3.05) is 13.6 Å². The van der Waals surface area contributed by atoms with Crippen LogP contribution in [-0.4, -0.2) is 57.8 Å². The molecule has 5 rings (SSSR count). The van der Waals surface area contributed by atoms with E-state index in [1.54, 1.807) is 6.08 Å². The molecule has 1 spiro atoms. The van der Waals surface area contributed by atoms with Gasteiger partial charge in [0, 0.05) is 29.4 Å². The maximum absolute atomic E-state index is 12.4. The Morgan fingerprint density at radius 3 is 2.88 bits per heavy atom. The van der Waals surface area contributed by atoms with Crippen LogP contribution >= 0.6 is 0 Å². The van der Waals surface area contributed by atoms with E-state index in [0.717, 1.165) is 25.0 Å². The number of hydrogen-bond donors (Lipinski definition) is 2. The standard InChI is InChI=1S/C21H27NO4/c1-4-19(24)7-5-13-11-15-14-6-8-21(25,12(2)23)18-20(14,9-10-22(15)3)16(13)17(19)26-18/h5-6,8,14-15,18,24-25H,4,7,9-11H2,1-3H3/t14-,15+,18+,19?,20-,21+/m0/s1. The van der Waals surface area contributed by atoms with Gasteiger partial charge in [-0.05, 0) is 51.4 Å². The third-order valence-corrected chi connectivity index (χ3v) is 7.81. The molecule has 1 unspecified atom stereocenters. The fourth-order valence-electron chi connectivity index (χ4n) is 6.23. The third-order valence-electron chi connectivity index (χ3n) is 7.81. The third kappa shape index (κ3) is 1.66. The maximum Gasteiger partial charge on any atom is 0.178 e. The molecular weight excluding hydrogens is 330 g/mol. The van der Waals surface area contributed by atoms with Crippen LogP contribution in [0.25, 0.3) is 0 Å². The van der Waals surface area contributed by atoms with Gasteiger partial charge in [-0.15, -0.1) is 0 Å². The quantitative estimate of drug-likeness (QED) is 0.737. The van der Waals surface area contributed by atoms with Crippen molar-refractivity contribution in [1.29, 1.82) is 0 Å². The number of ether oxygens (including phenoxy) is 1. The highest BCUT2D eigenvalue weighted by Gasteiger charge is 2.71. The molecule has 5 heteroatoms. The Morgan fingerprint density at radius 1 is 1.42 bits per heavy atom. The second kappa shape index (κ2) is 4.89. The van der Waals surface area contributed by atoms with Crippen molar-refractivity contribution in [2.24, 2.45) is 11.3 Å². The molecule has 0 aromatic carbocycles. The Bertz CT molecular complexity index is 798. The van der Waals surface area contributed by atoms with Crippen LogP contribution in [0, 0.1) is 11.3 Å². The van der Waals surface area contributed by atoms with Gasteiger partial charge in [0.25, 0.3) is 0 Å². The number of ketones is 1. The Hall–Kier alpha value is -1.43. The fourth-order valence-corrected chi connectivity index (χ4v) is 6.23.